The second-order valence-electron chi connectivity index (χ2n) is 7.56. The minimum atomic E-state index is -0.542. The van der Waals surface area contributed by atoms with Gasteiger partial charge in [0.25, 0.3) is 5.91 Å². The number of hydrogen-bond acceptors (Lipinski definition) is 2. The van der Waals surface area contributed by atoms with E-state index in [9.17, 15) is 4.79 Å². The lowest BCUT2D eigenvalue weighted by molar-refractivity contribution is -0.130. The normalized spacial score (nSPS) is 13.6. The number of hydrogen-bond donors (Lipinski definition) is 1. The van der Waals surface area contributed by atoms with Crippen LogP contribution < -0.4 is 10.1 Å². The molecule has 0 aliphatic heterocycles. The average Bonchev–Trinajstić information content (AvgIpc) is 2.33. The Morgan fingerprint density at radius 3 is 2.32 bits per heavy atom. The molecule has 1 N–H and O–H groups in total. The molecule has 0 saturated carbocycles. The first-order valence-electron chi connectivity index (χ1n) is 7.77. The maximum Gasteiger partial charge on any atom is 0.261 e. The molecule has 0 aliphatic rings. The Bertz CT molecular complexity index is 506. The van der Waals surface area contributed by atoms with Crippen LogP contribution in [0.5, 0.6) is 5.75 Å². The molecule has 0 heterocycles. The highest BCUT2D eigenvalue weighted by Gasteiger charge is 2.30. The largest absolute Gasteiger partial charge is 0.479 e. The van der Waals surface area contributed by atoms with Gasteiger partial charge in [-0.2, -0.15) is 0 Å². The van der Waals surface area contributed by atoms with E-state index in [1.165, 1.54) is 0 Å². The van der Waals surface area contributed by atoms with Crippen molar-refractivity contribution in [2.75, 3.05) is 0 Å². The Balaban J connectivity index is 2.75. The van der Waals surface area contributed by atoms with Gasteiger partial charge in [-0.15, -0.1) is 0 Å². The number of ether oxygens (including phenoxy) is 1. The van der Waals surface area contributed by atoms with Crippen molar-refractivity contribution < 1.29 is 9.53 Å². The van der Waals surface area contributed by atoms with Crippen molar-refractivity contribution in [3.63, 3.8) is 0 Å². The highest BCUT2D eigenvalue weighted by Crippen LogP contribution is 2.28. The van der Waals surface area contributed by atoms with E-state index in [-0.39, 0.29) is 16.9 Å². The van der Waals surface area contributed by atoms with Gasteiger partial charge in [-0.05, 0) is 44.2 Å². The summed E-state index contributed by atoms with van der Waals surface area (Å²) in [5.41, 5.74) is -0.144. The molecule has 1 aromatic carbocycles. The van der Waals surface area contributed by atoms with E-state index >= 15 is 0 Å². The first-order valence-corrected chi connectivity index (χ1v) is 8.15. The molecule has 124 valence electrons. The first kappa shape index (κ1) is 18.8. The number of benzene rings is 1. The molecule has 0 fully saturated rings. The van der Waals surface area contributed by atoms with Crippen molar-refractivity contribution in [1.29, 1.82) is 0 Å². The number of halogens is 1. The van der Waals surface area contributed by atoms with Gasteiger partial charge in [0.1, 0.15) is 5.75 Å². The zero-order valence-electron chi connectivity index (χ0n) is 14.5. The molecule has 22 heavy (non-hydrogen) atoms. The third kappa shape index (κ3) is 6.27. The average molecular weight is 326 g/mol. The lowest BCUT2D eigenvalue weighted by Gasteiger charge is -2.34. The molecular formula is C18H28ClNO2. The maximum absolute atomic E-state index is 12.5. The van der Waals surface area contributed by atoms with Crippen LogP contribution in [0.25, 0.3) is 0 Å². The van der Waals surface area contributed by atoms with Gasteiger partial charge in [0.2, 0.25) is 0 Å². The van der Waals surface area contributed by atoms with Gasteiger partial charge in [0, 0.05) is 5.54 Å². The number of carbonyl (C=O) groups is 1. The zero-order valence-corrected chi connectivity index (χ0v) is 15.3. The molecule has 1 amide bonds. The van der Waals surface area contributed by atoms with Crippen LogP contribution in [0.2, 0.25) is 5.02 Å². The molecule has 0 spiro atoms. The second kappa shape index (κ2) is 7.36. The number of para-hydroxylation sites is 1. The van der Waals surface area contributed by atoms with E-state index < -0.39 is 6.10 Å². The zero-order chi connectivity index (χ0) is 17.0. The van der Waals surface area contributed by atoms with E-state index in [0.29, 0.717) is 17.2 Å². The fourth-order valence-corrected chi connectivity index (χ4v) is 2.98. The summed E-state index contributed by atoms with van der Waals surface area (Å²) in [5.74, 6) is 0.441. The van der Waals surface area contributed by atoms with Crippen LogP contribution in [0.1, 0.15) is 54.4 Å². The summed E-state index contributed by atoms with van der Waals surface area (Å²) >= 11 is 6.09. The van der Waals surface area contributed by atoms with Gasteiger partial charge in [0.15, 0.2) is 6.10 Å². The molecule has 1 rings (SSSR count). The molecule has 4 heteroatoms. The van der Waals surface area contributed by atoms with Crippen LogP contribution >= 0.6 is 11.6 Å². The predicted molar refractivity (Wildman–Crippen MR) is 92.5 cm³/mol. The lowest BCUT2D eigenvalue weighted by Crippen LogP contribution is -2.50. The number of nitrogens with one attached hydrogen (secondary N) is 1. The Morgan fingerprint density at radius 2 is 1.82 bits per heavy atom. The quantitative estimate of drug-likeness (QED) is 0.813. The van der Waals surface area contributed by atoms with Gasteiger partial charge >= 0.3 is 0 Å². The van der Waals surface area contributed by atoms with Crippen LogP contribution in [-0.2, 0) is 4.79 Å². The Morgan fingerprint density at radius 1 is 1.23 bits per heavy atom. The molecule has 1 unspecified atom stereocenters. The summed E-state index contributed by atoms with van der Waals surface area (Å²) in [5, 5.41) is 3.61. The fraction of sp³-hybridized carbons (Fsp3) is 0.611. The van der Waals surface area contributed by atoms with E-state index in [2.05, 4.69) is 26.1 Å². The topological polar surface area (TPSA) is 38.3 Å². The van der Waals surface area contributed by atoms with Gasteiger partial charge < -0.3 is 10.1 Å². The smallest absolute Gasteiger partial charge is 0.261 e. The van der Waals surface area contributed by atoms with Gasteiger partial charge in [-0.3, -0.25) is 4.79 Å². The standard InChI is InChI=1S/C18H28ClNO2/c1-7-14(22-15-11-9-8-10-13(15)19)16(21)20-18(5,6)12-17(2,3)4/h8-11,14H,7,12H2,1-6H3,(H,20,21). The van der Waals surface area contributed by atoms with E-state index in [1.54, 1.807) is 12.1 Å². The van der Waals surface area contributed by atoms with Crippen molar-refractivity contribution in [1.82, 2.24) is 5.32 Å². The Kier molecular flexibility index (Phi) is 6.30. The highest BCUT2D eigenvalue weighted by molar-refractivity contribution is 6.32. The number of carbonyl (C=O) groups excluding carboxylic acids is 1. The second-order valence-corrected chi connectivity index (χ2v) is 7.96. The Hall–Kier alpha value is -1.22. The van der Waals surface area contributed by atoms with Gasteiger partial charge in [0.05, 0.1) is 5.02 Å². The fourth-order valence-electron chi connectivity index (χ4n) is 2.80. The van der Waals surface area contributed by atoms with Gasteiger partial charge in [-0.25, -0.2) is 0 Å². The third-order valence-electron chi connectivity index (χ3n) is 3.20. The van der Waals surface area contributed by atoms with Crippen LogP contribution in [-0.4, -0.2) is 17.6 Å². The van der Waals surface area contributed by atoms with Crippen molar-refractivity contribution >= 4 is 17.5 Å². The molecule has 0 aromatic heterocycles. The molecule has 0 aliphatic carbocycles. The van der Waals surface area contributed by atoms with E-state index in [1.807, 2.05) is 32.9 Å². The first-order chi connectivity index (χ1) is 10.0. The van der Waals surface area contributed by atoms with Crippen molar-refractivity contribution in [3.05, 3.63) is 29.3 Å². The maximum atomic E-state index is 12.5. The summed E-state index contributed by atoms with van der Waals surface area (Å²) in [4.78, 5) is 12.5. The number of rotatable bonds is 6. The summed E-state index contributed by atoms with van der Waals surface area (Å²) in [7, 11) is 0. The third-order valence-corrected chi connectivity index (χ3v) is 3.52. The van der Waals surface area contributed by atoms with Gasteiger partial charge in [-0.1, -0.05) is 51.4 Å². The van der Waals surface area contributed by atoms with Crippen molar-refractivity contribution in [2.24, 2.45) is 5.41 Å². The summed E-state index contributed by atoms with van der Waals surface area (Å²) < 4.78 is 5.79. The molecule has 1 atom stereocenters. The summed E-state index contributed by atoms with van der Waals surface area (Å²) in [6, 6.07) is 7.21. The summed E-state index contributed by atoms with van der Waals surface area (Å²) in [6.45, 7) is 12.5. The van der Waals surface area contributed by atoms with Crippen LogP contribution in [0.4, 0.5) is 0 Å². The molecule has 3 nitrogen and oxygen atoms in total. The van der Waals surface area contributed by atoms with E-state index in [4.69, 9.17) is 16.3 Å². The lowest BCUT2D eigenvalue weighted by atomic mass is 9.81. The molecule has 1 aromatic rings. The van der Waals surface area contributed by atoms with Crippen LogP contribution in [0.3, 0.4) is 0 Å². The highest BCUT2D eigenvalue weighted by atomic mass is 35.5. The molecule has 0 bridgehead atoms. The minimum Gasteiger partial charge on any atom is -0.479 e. The van der Waals surface area contributed by atoms with Crippen LogP contribution in [0.15, 0.2) is 24.3 Å². The van der Waals surface area contributed by atoms with Crippen LogP contribution in [0, 0.1) is 5.41 Å². The molecular weight excluding hydrogens is 298 g/mol. The SMILES string of the molecule is CCC(Oc1ccccc1Cl)C(=O)NC(C)(C)CC(C)(C)C. The molecule has 0 saturated heterocycles. The predicted octanol–water partition coefficient (Wildman–Crippen LogP) is 4.83. The van der Waals surface area contributed by atoms with Crippen molar-refractivity contribution in [2.45, 2.75) is 66.0 Å². The number of amides is 1. The van der Waals surface area contributed by atoms with Crippen molar-refractivity contribution in [3.8, 4) is 5.75 Å². The Labute approximate surface area is 139 Å². The molecule has 0 radical (unpaired) electrons. The summed E-state index contributed by atoms with van der Waals surface area (Å²) in [6.07, 6.45) is 0.927. The van der Waals surface area contributed by atoms with E-state index in [0.717, 1.165) is 6.42 Å². The minimum absolute atomic E-state index is 0.100. The monoisotopic (exact) mass is 325 g/mol.